The zero-order valence-electron chi connectivity index (χ0n) is 13.4. The Bertz CT molecular complexity index is 1000. The maximum atomic E-state index is 12.8. The minimum Gasteiger partial charge on any atom is -0.365 e. The number of rotatable bonds is 4. The Morgan fingerprint density at radius 1 is 1.15 bits per heavy atom. The van der Waals surface area contributed by atoms with Gasteiger partial charge in [-0.25, -0.2) is 0 Å². The second-order valence-electron chi connectivity index (χ2n) is 5.37. The van der Waals surface area contributed by atoms with Crippen molar-refractivity contribution >= 4 is 17.7 Å². The van der Waals surface area contributed by atoms with Crippen LogP contribution in [0.2, 0.25) is 0 Å². The molecule has 138 valence electrons. The number of primary amides is 1. The average molecular weight is 376 g/mol. The smallest absolute Gasteiger partial charge is 0.365 e. The third kappa shape index (κ3) is 3.78. The minimum atomic E-state index is -4.60. The van der Waals surface area contributed by atoms with Crippen LogP contribution in [0.5, 0.6) is 0 Å². The number of halogens is 3. The molecule has 0 aliphatic rings. The van der Waals surface area contributed by atoms with Gasteiger partial charge in [0.1, 0.15) is 11.3 Å². The number of alkyl halides is 3. The van der Waals surface area contributed by atoms with Crippen molar-refractivity contribution in [1.29, 1.82) is 0 Å². The van der Waals surface area contributed by atoms with Crippen molar-refractivity contribution in [1.82, 2.24) is 10.1 Å². The molecule has 0 aliphatic carbocycles. The topological polar surface area (TPSA) is 111 Å². The van der Waals surface area contributed by atoms with E-state index in [0.717, 1.165) is 12.1 Å². The van der Waals surface area contributed by atoms with Crippen LogP contribution in [0.25, 0.3) is 11.3 Å². The molecule has 0 aliphatic heterocycles. The summed E-state index contributed by atoms with van der Waals surface area (Å²) in [6.07, 6.45) is -1.69. The Labute approximate surface area is 150 Å². The van der Waals surface area contributed by atoms with Gasteiger partial charge < -0.3 is 10.3 Å². The van der Waals surface area contributed by atoms with Crippen molar-refractivity contribution in [3.8, 4) is 11.3 Å². The lowest BCUT2D eigenvalue weighted by molar-refractivity contribution is -0.137. The molecule has 3 aromatic rings. The van der Waals surface area contributed by atoms with Gasteiger partial charge in [-0.15, -0.1) is 0 Å². The number of nitrogens with one attached hydrogen (secondary N) is 1. The highest BCUT2D eigenvalue weighted by Gasteiger charge is 2.31. The number of nitrogens with two attached hydrogens (primary N) is 1. The van der Waals surface area contributed by atoms with Crippen LogP contribution in [0.4, 0.5) is 19.1 Å². The number of carbonyl (C=O) groups is 2. The van der Waals surface area contributed by atoms with E-state index >= 15 is 0 Å². The fraction of sp³-hybridized carbons (Fsp3) is 0.0588. The lowest BCUT2D eigenvalue weighted by atomic mass is 10.1. The Morgan fingerprint density at radius 2 is 1.93 bits per heavy atom. The fourth-order valence-electron chi connectivity index (χ4n) is 2.32. The van der Waals surface area contributed by atoms with E-state index in [-0.39, 0.29) is 22.7 Å². The Morgan fingerprint density at radius 3 is 2.56 bits per heavy atom. The van der Waals surface area contributed by atoms with Gasteiger partial charge in [0.05, 0.1) is 5.56 Å². The summed E-state index contributed by atoms with van der Waals surface area (Å²) in [4.78, 5) is 27.9. The minimum absolute atomic E-state index is 0.0509. The van der Waals surface area contributed by atoms with Crippen molar-refractivity contribution in [2.24, 2.45) is 5.73 Å². The van der Waals surface area contributed by atoms with E-state index in [4.69, 9.17) is 10.3 Å². The lowest BCUT2D eigenvalue weighted by Gasteiger charge is -2.08. The normalized spacial score (nSPS) is 11.2. The van der Waals surface area contributed by atoms with Gasteiger partial charge in [-0.05, 0) is 30.3 Å². The lowest BCUT2D eigenvalue weighted by Crippen LogP contribution is -2.18. The molecule has 2 amide bonds. The summed E-state index contributed by atoms with van der Waals surface area (Å²) in [5.41, 5.74) is 4.31. The zero-order chi connectivity index (χ0) is 19.6. The SMILES string of the molecule is NC(=O)c1c(-c2cccnc2)noc1NC(=O)c1cccc(C(F)(F)F)c1. The fourth-order valence-corrected chi connectivity index (χ4v) is 2.32. The molecule has 2 aromatic heterocycles. The molecular formula is C17H11F3N4O3. The Balaban J connectivity index is 1.94. The summed E-state index contributed by atoms with van der Waals surface area (Å²) in [6, 6.07) is 6.98. The van der Waals surface area contributed by atoms with E-state index in [9.17, 15) is 22.8 Å². The third-order valence-corrected chi connectivity index (χ3v) is 3.55. The number of benzene rings is 1. The van der Waals surface area contributed by atoms with Crippen LogP contribution in [0, 0.1) is 0 Å². The number of carbonyl (C=O) groups excluding carboxylic acids is 2. The number of pyridine rings is 1. The molecule has 27 heavy (non-hydrogen) atoms. The van der Waals surface area contributed by atoms with Crippen LogP contribution in [0.1, 0.15) is 26.3 Å². The van der Waals surface area contributed by atoms with Crippen molar-refractivity contribution in [3.05, 3.63) is 65.5 Å². The summed E-state index contributed by atoms with van der Waals surface area (Å²) in [5, 5.41) is 5.92. The molecule has 3 N–H and O–H groups in total. The highest BCUT2D eigenvalue weighted by atomic mass is 19.4. The number of hydrogen-bond acceptors (Lipinski definition) is 5. The molecule has 3 rings (SSSR count). The summed E-state index contributed by atoms with van der Waals surface area (Å²) < 4.78 is 43.3. The molecule has 0 unspecified atom stereocenters. The van der Waals surface area contributed by atoms with Crippen LogP contribution in [0.15, 0.2) is 53.3 Å². The van der Waals surface area contributed by atoms with Crippen LogP contribution >= 0.6 is 0 Å². The molecule has 2 heterocycles. The van der Waals surface area contributed by atoms with Gasteiger partial charge in [0.25, 0.3) is 11.8 Å². The first kappa shape index (κ1) is 18.1. The number of anilines is 1. The molecule has 0 saturated carbocycles. The van der Waals surface area contributed by atoms with Gasteiger partial charge in [0.15, 0.2) is 0 Å². The second-order valence-corrected chi connectivity index (χ2v) is 5.37. The largest absolute Gasteiger partial charge is 0.416 e. The molecule has 0 radical (unpaired) electrons. The van der Waals surface area contributed by atoms with Gasteiger partial charge in [0, 0.05) is 23.5 Å². The first-order valence-corrected chi connectivity index (χ1v) is 7.46. The van der Waals surface area contributed by atoms with Gasteiger partial charge in [-0.1, -0.05) is 11.2 Å². The monoisotopic (exact) mass is 376 g/mol. The van der Waals surface area contributed by atoms with Crippen LogP contribution < -0.4 is 11.1 Å². The van der Waals surface area contributed by atoms with Gasteiger partial charge >= 0.3 is 6.18 Å². The molecule has 0 fully saturated rings. The quantitative estimate of drug-likeness (QED) is 0.727. The van der Waals surface area contributed by atoms with E-state index in [1.807, 2.05) is 0 Å². The average Bonchev–Trinajstić information content (AvgIpc) is 3.05. The number of hydrogen-bond donors (Lipinski definition) is 2. The maximum absolute atomic E-state index is 12.8. The van der Waals surface area contributed by atoms with E-state index < -0.39 is 23.6 Å². The van der Waals surface area contributed by atoms with Crippen LogP contribution in [-0.4, -0.2) is 22.0 Å². The molecule has 0 spiro atoms. The molecular weight excluding hydrogens is 365 g/mol. The predicted octanol–water partition coefficient (Wildman–Crippen LogP) is 3.11. The third-order valence-electron chi connectivity index (χ3n) is 3.55. The van der Waals surface area contributed by atoms with Crippen molar-refractivity contribution in [2.75, 3.05) is 5.32 Å². The van der Waals surface area contributed by atoms with Gasteiger partial charge in [-0.3, -0.25) is 19.9 Å². The molecule has 0 bridgehead atoms. The predicted molar refractivity (Wildman–Crippen MR) is 87.6 cm³/mol. The first-order valence-electron chi connectivity index (χ1n) is 7.46. The first-order chi connectivity index (χ1) is 12.8. The number of aromatic nitrogens is 2. The maximum Gasteiger partial charge on any atom is 0.416 e. The second kappa shape index (κ2) is 6.90. The van der Waals surface area contributed by atoms with E-state index in [2.05, 4.69) is 15.5 Å². The Kier molecular flexibility index (Phi) is 4.63. The highest BCUT2D eigenvalue weighted by Crippen LogP contribution is 2.31. The molecule has 7 nitrogen and oxygen atoms in total. The molecule has 10 heteroatoms. The molecule has 1 aromatic carbocycles. The van der Waals surface area contributed by atoms with E-state index in [1.54, 1.807) is 12.1 Å². The summed E-state index contributed by atoms with van der Waals surface area (Å²) in [7, 11) is 0. The molecule has 0 saturated heterocycles. The van der Waals surface area contributed by atoms with Gasteiger partial charge in [-0.2, -0.15) is 13.2 Å². The van der Waals surface area contributed by atoms with E-state index in [1.165, 1.54) is 18.5 Å². The zero-order valence-corrected chi connectivity index (χ0v) is 13.4. The standard InChI is InChI=1S/C17H11F3N4O3/c18-17(19,20)11-5-1-3-9(7-11)15(26)23-16-12(14(21)25)13(24-27-16)10-4-2-6-22-8-10/h1-8H,(H2,21,25)(H,23,26). The molecule has 0 atom stereocenters. The van der Waals surface area contributed by atoms with Crippen molar-refractivity contribution < 1.29 is 27.3 Å². The van der Waals surface area contributed by atoms with Crippen LogP contribution in [0.3, 0.4) is 0 Å². The highest BCUT2D eigenvalue weighted by molar-refractivity contribution is 6.09. The van der Waals surface area contributed by atoms with Crippen molar-refractivity contribution in [2.45, 2.75) is 6.18 Å². The van der Waals surface area contributed by atoms with Crippen molar-refractivity contribution in [3.63, 3.8) is 0 Å². The summed E-state index contributed by atoms with van der Waals surface area (Å²) in [6.45, 7) is 0. The Hall–Kier alpha value is -3.69. The van der Waals surface area contributed by atoms with Crippen LogP contribution in [-0.2, 0) is 6.18 Å². The summed E-state index contributed by atoms with van der Waals surface area (Å²) in [5.74, 6) is -2.23. The number of amides is 2. The van der Waals surface area contributed by atoms with E-state index in [0.29, 0.717) is 11.6 Å². The summed E-state index contributed by atoms with van der Waals surface area (Å²) >= 11 is 0. The van der Waals surface area contributed by atoms with Gasteiger partial charge in [0.2, 0.25) is 5.88 Å². The number of nitrogens with zero attached hydrogens (tertiary/aromatic N) is 2.